The SMILES string of the molecule is O=c1c2ccccc2nc(-c2cc3cc(Br)ccc3o2)n1N=Cc1cn(Cc2cccc3ccccc23)c2ccccc12. The Morgan fingerprint density at radius 3 is 2.47 bits per heavy atom. The number of aromatic nitrogens is 3. The Kier molecular flexibility index (Phi) is 6.05. The summed E-state index contributed by atoms with van der Waals surface area (Å²) in [5, 5.41) is 9.62. The maximum absolute atomic E-state index is 13.8. The van der Waals surface area contributed by atoms with Crippen LogP contribution in [0.5, 0.6) is 0 Å². The molecule has 0 aliphatic carbocycles. The summed E-state index contributed by atoms with van der Waals surface area (Å²) in [4.78, 5) is 18.6. The maximum Gasteiger partial charge on any atom is 0.282 e. The Balaban J connectivity index is 1.27. The number of halogens is 1. The molecule has 0 aliphatic heterocycles. The zero-order valence-corrected chi connectivity index (χ0v) is 24.4. The van der Waals surface area contributed by atoms with Crippen molar-refractivity contribution in [1.29, 1.82) is 0 Å². The van der Waals surface area contributed by atoms with Crippen molar-refractivity contribution >= 4 is 65.7 Å². The minimum Gasteiger partial charge on any atom is -0.453 e. The predicted octanol–water partition coefficient (Wildman–Crippen LogP) is 8.61. The fourth-order valence-corrected chi connectivity index (χ4v) is 6.14. The second-order valence-corrected chi connectivity index (χ2v) is 11.4. The summed E-state index contributed by atoms with van der Waals surface area (Å²) < 4.78 is 10.7. The standard InChI is InChI=1S/C36H23BrN4O2/c37-27-16-17-33-25(18-27)19-34(43-33)35-39-31-14-5-3-13-30(31)36(42)41(35)38-20-26-22-40(32-15-6-4-12-29(26)32)21-24-10-7-9-23-8-1-2-11-28(23)24/h1-20,22H,21H2. The van der Waals surface area contributed by atoms with Crippen molar-refractivity contribution < 1.29 is 4.42 Å². The van der Waals surface area contributed by atoms with E-state index in [1.807, 2.05) is 54.6 Å². The number of nitrogens with zero attached hydrogens (tertiary/aromatic N) is 4. The number of para-hydroxylation sites is 2. The van der Waals surface area contributed by atoms with Crippen LogP contribution in [-0.2, 0) is 6.54 Å². The molecule has 0 saturated heterocycles. The van der Waals surface area contributed by atoms with Crippen LogP contribution in [0.25, 0.3) is 55.1 Å². The van der Waals surface area contributed by atoms with E-state index in [1.165, 1.54) is 21.0 Å². The second kappa shape index (κ2) is 10.2. The van der Waals surface area contributed by atoms with E-state index in [-0.39, 0.29) is 5.56 Å². The molecular weight excluding hydrogens is 600 g/mol. The Morgan fingerprint density at radius 1 is 0.791 bits per heavy atom. The number of hydrogen-bond acceptors (Lipinski definition) is 4. The van der Waals surface area contributed by atoms with Crippen LogP contribution in [0, 0.1) is 0 Å². The molecule has 43 heavy (non-hydrogen) atoms. The molecule has 0 fully saturated rings. The summed E-state index contributed by atoms with van der Waals surface area (Å²) in [6, 6.07) is 38.1. The van der Waals surface area contributed by atoms with Gasteiger partial charge in [-0.3, -0.25) is 4.79 Å². The molecule has 5 aromatic carbocycles. The average molecular weight is 624 g/mol. The van der Waals surface area contributed by atoms with Crippen molar-refractivity contribution in [3.05, 3.63) is 147 Å². The van der Waals surface area contributed by atoms with Crippen molar-refractivity contribution in [3.63, 3.8) is 0 Å². The van der Waals surface area contributed by atoms with Crippen LogP contribution in [0.4, 0.5) is 0 Å². The smallest absolute Gasteiger partial charge is 0.282 e. The van der Waals surface area contributed by atoms with E-state index in [2.05, 4.69) is 81.3 Å². The predicted molar refractivity (Wildman–Crippen MR) is 177 cm³/mol. The van der Waals surface area contributed by atoms with Crippen molar-refractivity contribution in [3.8, 4) is 11.6 Å². The first kappa shape index (κ1) is 25.4. The summed E-state index contributed by atoms with van der Waals surface area (Å²) in [5.74, 6) is 0.804. The first-order chi connectivity index (χ1) is 21.1. The first-order valence-corrected chi connectivity index (χ1v) is 14.7. The van der Waals surface area contributed by atoms with Gasteiger partial charge in [0.15, 0.2) is 5.76 Å². The van der Waals surface area contributed by atoms with Gasteiger partial charge < -0.3 is 8.98 Å². The third kappa shape index (κ3) is 4.45. The highest BCUT2D eigenvalue weighted by Gasteiger charge is 2.17. The summed E-state index contributed by atoms with van der Waals surface area (Å²) in [5.41, 5.74) is 4.24. The second-order valence-electron chi connectivity index (χ2n) is 10.5. The van der Waals surface area contributed by atoms with Crippen molar-refractivity contribution in [2.75, 3.05) is 0 Å². The molecule has 8 aromatic rings. The number of benzene rings is 5. The van der Waals surface area contributed by atoms with Crippen molar-refractivity contribution in [2.45, 2.75) is 6.54 Å². The monoisotopic (exact) mass is 622 g/mol. The Bertz CT molecular complexity index is 2430. The average Bonchev–Trinajstić information content (AvgIpc) is 3.62. The van der Waals surface area contributed by atoms with Crippen LogP contribution in [0.1, 0.15) is 11.1 Å². The lowest BCUT2D eigenvalue weighted by molar-refractivity contribution is 0.616. The van der Waals surface area contributed by atoms with E-state index in [9.17, 15) is 4.79 Å². The maximum atomic E-state index is 13.8. The molecule has 0 bridgehead atoms. The third-order valence-corrected chi connectivity index (χ3v) is 8.30. The number of furan rings is 1. The van der Waals surface area contributed by atoms with Gasteiger partial charge >= 0.3 is 0 Å². The van der Waals surface area contributed by atoms with Gasteiger partial charge in [0.05, 0.1) is 17.1 Å². The van der Waals surface area contributed by atoms with Gasteiger partial charge in [-0.2, -0.15) is 9.78 Å². The third-order valence-electron chi connectivity index (χ3n) is 7.80. The summed E-state index contributed by atoms with van der Waals surface area (Å²) >= 11 is 3.52. The normalized spacial score (nSPS) is 11.9. The van der Waals surface area contributed by atoms with Crippen molar-refractivity contribution in [2.24, 2.45) is 5.10 Å². The lowest BCUT2D eigenvalue weighted by Gasteiger charge is -2.09. The summed E-state index contributed by atoms with van der Waals surface area (Å²) in [6.45, 7) is 0.701. The fraction of sp³-hybridized carbons (Fsp3) is 0.0278. The number of hydrogen-bond donors (Lipinski definition) is 0. The lowest BCUT2D eigenvalue weighted by atomic mass is 10.0. The minimum atomic E-state index is -0.266. The van der Waals surface area contributed by atoms with Gasteiger partial charge in [0.1, 0.15) is 5.58 Å². The fourth-order valence-electron chi connectivity index (χ4n) is 5.76. The van der Waals surface area contributed by atoms with Gasteiger partial charge in [-0.25, -0.2) is 4.98 Å². The molecule has 0 N–H and O–H groups in total. The van der Waals surface area contributed by atoms with E-state index in [0.29, 0.717) is 34.6 Å². The molecule has 0 atom stereocenters. The van der Waals surface area contributed by atoms with Crippen LogP contribution in [0.3, 0.4) is 0 Å². The zero-order chi connectivity index (χ0) is 28.9. The number of fused-ring (bicyclic) bond motifs is 4. The molecule has 0 amide bonds. The van der Waals surface area contributed by atoms with E-state index in [1.54, 1.807) is 12.3 Å². The Hall–Kier alpha value is -5.27. The molecule has 3 aromatic heterocycles. The first-order valence-electron chi connectivity index (χ1n) is 13.9. The molecule has 206 valence electrons. The van der Waals surface area contributed by atoms with E-state index >= 15 is 0 Å². The minimum absolute atomic E-state index is 0.266. The molecule has 0 spiro atoms. The molecule has 6 nitrogen and oxygen atoms in total. The van der Waals surface area contributed by atoms with E-state index < -0.39 is 0 Å². The highest BCUT2D eigenvalue weighted by atomic mass is 79.9. The van der Waals surface area contributed by atoms with Gasteiger partial charge in [0, 0.05) is 39.1 Å². The van der Waals surface area contributed by atoms with Crippen LogP contribution >= 0.6 is 15.9 Å². The van der Waals surface area contributed by atoms with Gasteiger partial charge in [-0.1, -0.05) is 88.7 Å². The molecule has 7 heteroatoms. The van der Waals surface area contributed by atoms with Crippen LogP contribution < -0.4 is 5.56 Å². The highest BCUT2D eigenvalue weighted by Crippen LogP contribution is 2.30. The quantitative estimate of drug-likeness (QED) is 0.180. The Morgan fingerprint density at radius 2 is 1.56 bits per heavy atom. The molecular formula is C36H23BrN4O2. The van der Waals surface area contributed by atoms with Gasteiger partial charge in [-0.15, -0.1) is 0 Å². The summed E-state index contributed by atoms with van der Waals surface area (Å²) in [7, 11) is 0. The molecule has 0 aliphatic rings. The highest BCUT2D eigenvalue weighted by molar-refractivity contribution is 9.10. The van der Waals surface area contributed by atoms with Crippen LogP contribution in [0.2, 0.25) is 0 Å². The van der Waals surface area contributed by atoms with E-state index in [4.69, 9.17) is 14.5 Å². The zero-order valence-electron chi connectivity index (χ0n) is 22.8. The van der Waals surface area contributed by atoms with Crippen LogP contribution in [0.15, 0.2) is 140 Å². The molecule has 3 heterocycles. The largest absolute Gasteiger partial charge is 0.453 e. The number of rotatable bonds is 5. The molecule has 0 radical (unpaired) electrons. The van der Waals surface area contributed by atoms with E-state index in [0.717, 1.165) is 26.3 Å². The van der Waals surface area contributed by atoms with Crippen LogP contribution in [-0.4, -0.2) is 20.4 Å². The molecule has 0 unspecified atom stereocenters. The lowest BCUT2D eigenvalue weighted by Crippen LogP contribution is -2.20. The van der Waals surface area contributed by atoms with Gasteiger partial charge in [0.2, 0.25) is 5.82 Å². The molecule has 0 saturated carbocycles. The van der Waals surface area contributed by atoms with Crippen molar-refractivity contribution in [1.82, 2.24) is 14.2 Å². The van der Waals surface area contributed by atoms with Gasteiger partial charge in [0.25, 0.3) is 5.56 Å². The van der Waals surface area contributed by atoms with Gasteiger partial charge in [-0.05, 0) is 58.8 Å². The topological polar surface area (TPSA) is 65.3 Å². The molecule has 8 rings (SSSR count). The summed E-state index contributed by atoms with van der Waals surface area (Å²) in [6.07, 6.45) is 3.83. The Labute approximate surface area is 254 Å².